The van der Waals surface area contributed by atoms with Crippen LogP contribution in [-0.4, -0.2) is 63.8 Å². The minimum atomic E-state index is -1.05. The van der Waals surface area contributed by atoms with Gasteiger partial charge >= 0.3 is 0 Å². The summed E-state index contributed by atoms with van der Waals surface area (Å²) < 4.78 is 7.22. The number of likely N-dealkylation sites (N-methyl/N-ethyl adjacent to an activating group) is 1. The molecule has 5 fully saturated rings. The second-order valence-electron chi connectivity index (χ2n) is 15.2. The van der Waals surface area contributed by atoms with E-state index in [1.54, 1.807) is 31.1 Å². The van der Waals surface area contributed by atoms with Crippen molar-refractivity contribution in [2.45, 2.75) is 89.1 Å². The van der Waals surface area contributed by atoms with E-state index in [0.29, 0.717) is 30.0 Å². The fourth-order valence-electron chi connectivity index (χ4n) is 9.68. The Morgan fingerprint density at radius 3 is 2.36 bits per heavy atom. The van der Waals surface area contributed by atoms with E-state index >= 15 is 0 Å². The lowest BCUT2D eigenvalue weighted by molar-refractivity contribution is -0.135. The Hall–Kier alpha value is -3.73. The summed E-state index contributed by atoms with van der Waals surface area (Å²) >= 11 is 0. The maximum atomic E-state index is 14.0. The van der Waals surface area contributed by atoms with Crippen molar-refractivity contribution in [3.05, 3.63) is 47.5 Å². The van der Waals surface area contributed by atoms with Crippen LogP contribution in [0.25, 0.3) is 11.0 Å². The van der Waals surface area contributed by atoms with Crippen molar-refractivity contribution in [1.29, 1.82) is 0 Å². The molecule has 5 aliphatic carbocycles. The van der Waals surface area contributed by atoms with E-state index in [4.69, 9.17) is 9.72 Å². The Bertz CT molecular complexity index is 1620. The van der Waals surface area contributed by atoms with Crippen LogP contribution < -0.4 is 16.0 Å². The third-order valence-corrected chi connectivity index (χ3v) is 11.9. The Balaban J connectivity index is 1.22. The van der Waals surface area contributed by atoms with Crippen molar-refractivity contribution < 1.29 is 19.1 Å². The highest BCUT2D eigenvalue weighted by molar-refractivity contribution is 5.94. The van der Waals surface area contributed by atoms with Gasteiger partial charge in [0.1, 0.15) is 17.6 Å². The first-order valence-electron chi connectivity index (χ1n) is 17.5. The van der Waals surface area contributed by atoms with Crippen LogP contribution in [0.2, 0.25) is 0 Å². The molecule has 8 rings (SSSR count). The van der Waals surface area contributed by atoms with Gasteiger partial charge in [-0.3, -0.25) is 19.1 Å². The number of fused-ring (bicyclic) bond motifs is 1. The summed E-state index contributed by atoms with van der Waals surface area (Å²) in [4.78, 5) is 49.4. The molecular weight excluding hydrogens is 594 g/mol. The summed E-state index contributed by atoms with van der Waals surface area (Å²) in [5.74, 6) is 2.47. The molecule has 5 saturated carbocycles. The SMILES string of the molecule is CCNC(=O)[C@H](NC(=O)C(C)(COC)c1ccc2nc(C(NC(=O)c3ccnn3C)C34CC5CC(CC(C5)C3)C4)[nH]c2c1)C1CCC1. The second kappa shape index (κ2) is 12.4. The van der Waals surface area contributed by atoms with Crippen LogP contribution in [0.15, 0.2) is 30.5 Å². The molecule has 0 spiro atoms. The topological polar surface area (TPSA) is 143 Å². The number of rotatable bonds is 12. The first-order valence-corrected chi connectivity index (χ1v) is 17.5. The van der Waals surface area contributed by atoms with E-state index in [9.17, 15) is 14.4 Å². The number of hydrogen-bond acceptors (Lipinski definition) is 6. The minimum Gasteiger partial charge on any atom is -0.383 e. The number of aromatic nitrogens is 4. The number of carbonyl (C=O) groups excluding carboxylic acids is 3. The summed E-state index contributed by atoms with van der Waals surface area (Å²) in [7, 11) is 3.38. The fourth-order valence-corrected chi connectivity index (χ4v) is 9.68. The molecule has 3 amide bonds. The number of benzene rings is 1. The van der Waals surface area contributed by atoms with Gasteiger partial charge in [-0.1, -0.05) is 12.5 Å². The number of hydrogen-bond donors (Lipinski definition) is 4. The van der Waals surface area contributed by atoms with Crippen LogP contribution in [0, 0.1) is 29.1 Å². The molecule has 3 aromatic rings. The lowest BCUT2D eigenvalue weighted by atomic mass is 9.47. The maximum Gasteiger partial charge on any atom is 0.270 e. The number of carbonyl (C=O) groups is 3. The molecule has 5 aliphatic rings. The van der Waals surface area contributed by atoms with Crippen LogP contribution in [-0.2, 0) is 26.8 Å². The molecule has 252 valence electrons. The van der Waals surface area contributed by atoms with Crippen molar-refractivity contribution in [2.24, 2.45) is 36.1 Å². The van der Waals surface area contributed by atoms with E-state index in [-0.39, 0.29) is 41.7 Å². The summed E-state index contributed by atoms with van der Waals surface area (Å²) in [5.41, 5.74) is 1.77. The predicted octanol–water partition coefficient (Wildman–Crippen LogP) is 4.31. The Labute approximate surface area is 276 Å². The zero-order chi connectivity index (χ0) is 32.9. The summed E-state index contributed by atoms with van der Waals surface area (Å²) in [6, 6.07) is 6.76. The molecule has 47 heavy (non-hydrogen) atoms. The van der Waals surface area contributed by atoms with Crippen molar-refractivity contribution in [3.8, 4) is 0 Å². The number of amides is 3. The van der Waals surface area contributed by atoms with Gasteiger partial charge in [-0.25, -0.2) is 4.98 Å². The first-order chi connectivity index (χ1) is 22.6. The molecule has 0 saturated heterocycles. The lowest BCUT2D eigenvalue weighted by Crippen LogP contribution is -2.57. The number of nitrogens with one attached hydrogen (secondary N) is 4. The third-order valence-electron chi connectivity index (χ3n) is 11.9. The van der Waals surface area contributed by atoms with Crippen molar-refractivity contribution in [2.75, 3.05) is 20.3 Å². The number of methoxy groups -OCH3 is 1. The average Bonchev–Trinajstić information content (AvgIpc) is 3.63. The normalized spacial score (nSPS) is 27.5. The molecule has 4 bridgehead atoms. The van der Waals surface area contributed by atoms with E-state index in [1.165, 1.54) is 19.3 Å². The molecule has 2 heterocycles. The quantitative estimate of drug-likeness (QED) is 0.232. The number of H-pyrrole nitrogens is 1. The van der Waals surface area contributed by atoms with Crippen LogP contribution >= 0.6 is 0 Å². The Kier molecular flexibility index (Phi) is 8.39. The first kappa shape index (κ1) is 31.8. The maximum absolute atomic E-state index is 14.0. The van der Waals surface area contributed by atoms with Gasteiger partial charge < -0.3 is 25.7 Å². The minimum absolute atomic E-state index is 0.0558. The van der Waals surface area contributed by atoms with E-state index in [2.05, 4.69) is 26.0 Å². The molecule has 3 atom stereocenters. The standard InChI is InChI=1S/C36H49N7O4/c1-5-37-33(45)29(24-7-6-8-24)41-34(46)35(2,20-47-4)25-9-10-26-27(16-25)40-31(39-26)30(42-32(44)28-11-12-38-43(28)3)36-17-21-13-22(18-36)15-23(14-21)19-36/h9-12,16,21-24,29-30H,5-8,13-15,17-20H2,1-4H3,(H,37,45)(H,39,40)(H,41,46)(H,42,44)/t21?,22?,23?,29-,30?,35?,36?/m1/s1. The van der Waals surface area contributed by atoms with Crippen LogP contribution in [0.5, 0.6) is 0 Å². The lowest BCUT2D eigenvalue weighted by Gasteiger charge is -2.59. The fraction of sp³-hybridized carbons (Fsp3) is 0.639. The highest BCUT2D eigenvalue weighted by Gasteiger charge is 2.55. The second-order valence-corrected chi connectivity index (χ2v) is 15.2. The smallest absolute Gasteiger partial charge is 0.270 e. The Morgan fingerprint density at radius 1 is 1.09 bits per heavy atom. The molecule has 4 N–H and O–H groups in total. The van der Waals surface area contributed by atoms with Crippen molar-refractivity contribution in [3.63, 3.8) is 0 Å². The monoisotopic (exact) mass is 643 g/mol. The third kappa shape index (κ3) is 5.74. The van der Waals surface area contributed by atoms with Crippen LogP contribution in [0.1, 0.15) is 99.6 Å². The molecule has 2 aromatic heterocycles. The van der Waals surface area contributed by atoms with Gasteiger partial charge in [0.2, 0.25) is 11.8 Å². The summed E-state index contributed by atoms with van der Waals surface area (Å²) in [5, 5.41) is 13.7. The predicted molar refractivity (Wildman–Crippen MR) is 177 cm³/mol. The van der Waals surface area contributed by atoms with E-state index in [0.717, 1.165) is 60.9 Å². The molecule has 11 nitrogen and oxygen atoms in total. The molecule has 2 unspecified atom stereocenters. The van der Waals surface area contributed by atoms with Gasteiger partial charge in [-0.2, -0.15) is 5.10 Å². The Morgan fingerprint density at radius 2 is 1.79 bits per heavy atom. The molecular formula is C36H49N7O4. The van der Waals surface area contributed by atoms with Gasteiger partial charge in [-0.15, -0.1) is 0 Å². The highest BCUT2D eigenvalue weighted by Crippen LogP contribution is 2.64. The van der Waals surface area contributed by atoms with E-state index in [1.807, 2.05) is 32.0 Å². The molecule has 0 aliphatic heterocycles. The molecule has 0 radical (unpaired) electrons. The largest absolute Gasteiger partial charge is 0.383 e. The molecule has 1 aromatic carbocycles. The van der Waals surface area contributed by atoms with Gasteiger partial charge in [0.15, 0.2) is 0 Å². The number of imidazole rings is 1. The van der Waals surface area contributed by atoms with Crippen molar-refractivity contribution >= 4 is 28.8 Å². The number of aromatic amines is 1. The van der Waals surface area contributed by atoms with Gasteiger partial charge in [0.05, 0.1) is 29.1 Å². The van der Waals surface area contributed by atoms with Crippen LogP contribution in [0.3, 0.4) is 0 Å². The number of aryl methyl sites for hydroxylation is 1. The molecule has 11 heteroatoms. The average molecular weight is 644 g/mol. The van der Waals surface area contributed by atoms with Gasteiger partial charge in [0.25, 0.3) is 5.91 Å². The van der Waals surface area contributed by atoms with Gasteiger partial charge in [0, 0.05) is 26.9 Å². The zero-order valence-electron chi connectivity index (χ0n) is 28.1. The summed E-state index contributed by atoms with van der Waals surface area (Å²) in [6.45, 7) is 4.42. The number of nitrogens with zero attached hydrogens (tertiary/aromatic N) is 3. The summed E-state index contributed by atoms with van der Waals surface area (Å²) in [6.07, 6.45) is 11.7. The number of ether oxygens (including phenoxy) is 1. The van der Waals surface area contributed by atoms with E-state index < -0.39 is 11.5 Å². The van der Waals surface area contributed by atoms with Crippen LogP contribution in [0.4, 0.5) is 0 Å². The zero-order valence-corrected chi connectivity index (χ0v) is 28.1. The van der Waals surface area contributed by atoms with Gasteiger partial charge in [-0.05, 0) is 118 Å². The van der Waals surface area contributed by atoms with Crippen molar-refractivity contribution in [1.82, 2.24) is 35.7 Å². The highest BCUT2D eigenvalue weighted by atomic mass is 16.5.